The lowest BCUT2D eigenvalue weighted by Crippen LogP contribution is -2.40. The molecule has 4 aromatic rings. The Morgan fingerprint density at radius 3 is 2.92 bits per heavy atom. The molecule has 3 N–H and O–H groups in total. The van der Waals surface area contributed by atoms with Gasteiger partial charge >= 0.3 is 0 Å². The van der Waals surface area contributed by atoms with Crippen LogP contribution in [0.1, 0.15) is 41.2 Å². The second kappa shape index (κ2) is 11.5. The van der Waals surface area contributed by atoms with Crippen LogP contribution in [0.4, 0.5) is 4.39 Å². The number of primary amides is 1. The maximum atomic E-state index is 13.7. The number of rotatable bonds is 10. The molecule has 1 aromatic carbocycles. The third kappa shape index (κ3) is 5.88. The predicted octanol–water partition coefficient (Wildman–Crippen LogP) is 3.24. The summed E-state index contributed by atoms with van der Waals surface area (Å²) in [6, 6.07) is 8.31. The summed E-state index contributed by atoms with van der Waals surface area (Å²) in [7, 11) is 0. The number of hydrogen-bond acceptors (Lipinski definition) is 7. The highest BCUT2D eigenvalue weighted by molar-refractivity contribution is 5.93. The average molecular weight is 517 g/mol. The van der Waals surface area contributed by atoms with Gasteiger partial charge in [-0.2, -0.15) is 10.4 Å². The van der Waals surface area contributed by atoms with Gasteiger partial charge in [-0.3, -0.25) is 9.48 Å². The van der Waals surface area contributed by atoms with E-state index in [4.69, 9.17) is 10.5 Å². The summed E-state index contributed by atoms with van der Waals surface area (Å²) >= 11 is 0. The standard InChI is InChI=1S/C27H29FN8O2/c28-21-12-18(11-19(13-21)26(30)37)5-10-38-23-3-8-35(9-4-23)16-22(1-6-29)36-15-20(14-34-36)25-24-2-7-31-27(24)33-17-32-25/h2,7,11-15,17,22-23H,1,3-5,8-10,16H2,(H2,30,37)(H,31,32,33). The SMILES string of the molecule is N#CCC(CN1CCC(OCCc2cc(F)cc(C(N)=O)c2)CC1)n1cc(-c2ncnc3[nH]ccc23)cn1. The van der Waals surface area contributed by atoms with Crippen LogP contribution in [0, 0.1) is 17.1 Å². The van der Waals surface area contributed by atoms with Gasteiger partial charge in [0.05, 0.1) is 43.1 Å². The van der Waals surface area contributed by atoms with Crippen molar-refractivity contribution >= 4 is 16.9 Å². The first-order chi connectivity index (χ1) is 18.5. The van der Waals surface area contributed by atoms with Crippen molar-refractivity contribution < 1.29 is 13.9 Å². The van der Waals surface area contributed by atoms with Crippen LogP contribution < -0.4 is 5.73 Å². The second-order valence-electron chi connectivity index (χ2n) is 9.52. The van der Waals surface area contributed by atoms with E-state index >= 15 is 0 Å². The van der Waals surface area contributed by atoms with Crippen LogP contribution in [0.2, 0.25) is 0 Å². The molecular formula is C27H29FN8O2. The van der Waals surface area contributed by atoms with Crippen molar-refractivity contribution in [2.75, 3.05) is 26.2 Å². The molecule has 0 radical (unpaired) electrons. The number of carbonyl (C=O) groups excluding carboxylic acids is 1. The molecule has 1 aliphatic heterocycles. The monoisotopic (exact) mass is 516 g/mol. The number of benzene rings is 1. The molecule has 4 heterocycles. The molecule has 1 aliphatic rings. The topological polar surface area (TPSA) is 139 Å². The first-order valence-electron chi connectivity index (χ1n) is 12.6. The Morgan fingerprint density at radius 2 is 2.13 bits per heavy atom. The summed E-state index contributed by atoms with van der Waals surface area (Å²) < 4.78 is 21.6. The quantitative estimate of drug-likeness (QED) is 0.330. The van der Waals surface area contributed by atoms with E-state index in [1.54, 1.807) is 12.3 Å². The van der Waals surface area contributed by atoms with E-state index in [-0.39, 0.29) is 17.7 Å². The number of likely N-dealkylation sites (tertiary alicyclic amines) is 1. The number of halogens is 1. The number of nitrogens with one attached hydrogen (secondary N) is 1. The number of ether oxygens (including phenoxy) is 1. The lowest BCUT2D eigenvalue weighted by molar-refractivity contribution is 0.00624. The van der Waals surface area contributed by atoms with Gasteiger partial charge in [-0.15, -0.1) is 0 Å². The summed E-state index contributed by atoms with van der Waals surface area (Å²) in [5.41, 5.74) is 8.59. The Labute approximate surface area is 219 Å². The molecule has 1 fully saturated rings. The van der Waals surface area contributed by atoms with Crippen molar-refractivity contribution in [3.63, 3.8) is 0 Å². The molecule has 1 atom stereocenters. The molecule has 0 bridgehead atoms. The highest BCUT2D eigenvalue weighted by atomic mass is 19.1. The first kappa shape index (κ1) is 25.5. The van der Waals surface area contributed by atoms with E-state index in [0.717, 1.165) is 54.3 Å². The fraction of sp³-hybridized carbons (Fsp3) is 0.370. The zero-order valence-electron chi connectivity index (χ0n) is 20.9. The number of amides is 1. The average Bonchev–Trinajstić information content (AvgIpc) is 3.59. The number of hydrogen-bond donors (Lipinski definition) is 2. The van der Waals surface area contributed by atoms with Gasteiger partial charge < -0.3 is 20.4 Å². The van der Waals surface area contributed by atoms with Crippen LogP contribution in [0.25, 0.3) is 22.3 Å². The molecule has 1 unspecified atom stereocenters. The van der Waals surface area contributed by atoms with Gasteiger partial charge in [0.2, 0.25) is 5.91 Å². The van der Waals surface area contributed by atoms with Gasteiger partial charge in [-0.25, -0.2) is 14.4 Å². The minimum atomic E-state index is -0.646. The van der Waals surface area contributed by atoms with Crippen molar-refractivity contribution in [3.05, 3.63) is 66.1 Å². The fourth-order valence-electron chi connectivity index (χ4n) is 4.95. The third-order valence-corrected chi connectivity index (χ3v) is 6.92. The van der Waals surface area contributed by atoms with Crippen LogP contribution in [0.3, 0.4) is 0 Å². The van der Waals surface area contributed by atoms with Gasteiger partial charge in [0.1, 0.15) is 17.8 Å². The largest absolute Gasteiger partial charge is 0.378 e. The molecule has 38 heavy (non-hydrogen) atoms. The summed E-state index contributed by atoms with van der Waals surface area (Å²) in [5.74, 6) is -1.12. The minimum Gasteiger partial charge on any atom is -0.378 e. The van der Waals surface area contributed by atoms with Crippen molar-refractivity contribution in [2.24, 2.45) is 5.73 Å². The molecule has 196 valence electrons. The van der Waals surface area contributed by atoms with Crippen molar-refractivity contribution in [2.45, 2.75) is 37.8 Å². The highest BCUT2D eigenvalue weighted by Gasteiger charge is 2.24. The number of nitriles is 1. The minimum absolute atomic E-state index is 0.0813. The van der Waals surface area contributed by atoms with E-state index in [0.29, 0.717) is 31.6 Å². The molecule has 11 heteroatoms. The third-order valence-electron chi connectivity index (χ3n) is 6.92. The number of H-pyrrole nitrogens is 1. The normalized spacial score (nSPS) is 15.5. The predicted molar refractivity (Wildman–Crippen MR) is 138 cm³/mol. The van der Waals surface area contributed by atoms with E-state index in [2.05, 4.69) is 31.0 Å². The Bertz CT molecular complexity index is 1450. The molecule has 1 saturated heterocycles. The van der Waals surface area contributed by atoms with Crippen LogP contribution in [-0.4, -0.2) is 67.9 Å². The zero-order chi connectivity index (χ0) is 26.5. The number of fused-ring (bicyclic) bond motifs is 1. The number of carbonyl (C=O) groups is 1. The van der Waals surface area contributed by atoms with Crippen LogP contribution in [-0.2, 0) is 11.2 Å². The van der Waals surface area contributed by atoms with Gasteiger partial charge in [-0.05, 0) is 49.1 Å². The molecule has 10 nitrogen and oxygen atoms in total. The number of piperidine rings is 1. The van der Waals surface area contributed by atoms with Crippen LogP contribution >= 0.6 is 0 Å². The van der Waals surface area contributed by atoms with Gasteiger partial charge in [0.15, 0.2) is 0 Å². The Morgan fingerprint density at radius 1 is 1.29 bits per heavy atom. The van der Waals surface area contributed by atoms with Crippen molar-refractivity contribution in [3.8, 4) is 17.3 Å². The summed E-state index contributed by atoms with van der Waals surface area (Å²) in [4.78, 5) is 25.5. The van der Waals surface area contributed by atoms with Crippen LogP contribution in [0.15, 0.2) is 49.2 Å². The second-order valence-corrected chi connectivity index (χ2v) is 9.52. The highest BCUT2D eigenvalue weighted by Crippen LogP contribution is 2.26. The number of nitrogens with zero attached hydrogens (tertiary/aromatic N) is 6. The number of aromatic amines is 1. The maximum Gasteiger partial charge on any atom is 0.248 e. The van der Waals surface area contributed by atoms with E-state index < -0.39 is 11.7 Å². The molecule has 5 rings (SSSR count). The fourth-order valence-corrected chi connectivity index (χ4v) is 4.95. The van der Waals surface area contributed by atoms with E-state index in [1.807, 2.05) is 23.1 Å². The molecule has 3 aromatic heterocycles. The molecule has 0 aliphatic carbocycles. The maximum absolute atomic E-state index is 13.7. The van der Waals surface area contributed by atoms with E-state index in [1.165, 1.54) is 12.4 Å². The Hall–Kier alpha value is -4.14. The van der Waals surface area contributed by atoms with Gasteiger partial charge in [0.25, 0.3) is 0 Å². The Balaban J connectivity index is 1.14. The molecule has 0 saturated carbocycles. The molecule has 1 amide bonds. The Kier molecular flexibility index (Phi) is 7.72. The molecular weight excluding hydrogens is 487 g/mol. The lowest BCUT2D eigenvalue weighted by Gasteiger charge is -2.33. The van der Waals surface area contributed by atoms with Gasteiger partial charge in [-0.1, -0.05) is 0 Å². The van der Waals surface area contributed by atoms with E-state index in [9.17, 15) is 14.4 Å². The zero-order valence-corrected chi connectivity index (χ0v) is 20.9. The van der Waals surface area contributed by atoms with Crippen molar-refractivity contribution in [1.29, 1.82) is 5.26 Å². The first-order valence-corrected chi connectivity index (χ1v) is 12.6. The van der Waals surface area contributed by atoms with Crippen molar-refractivity contribution in [1.82, 2.24) is 29.6 Å². The number of aromatic nitrogens is 5. The summed E-state index contributed by atoms with van der Waals surface area (Å²) in [6.07, 6.45) is 9.79. The smallest absolute Gasteiger partial charge is 0.248 e. The molecule has 0 spiro atoms. The summed E-state index contributed by atoms with van der Waals surface area (Å²) in [5, 5.41) is 15.0. The van der Waals surface area contributed by atoms with Crippen LogP contribution in [0.5, 0.6) is 0 Å². The van der Waals surface area contributed by atoms with Gasteiger partial charge in [0, 0.05) is 48.5 Å². The lowest BCUT2D eigenvalue weighted by atomic mass is 10.1. The summed E-state index contributed by atoms with van der Waals surface area (Å²) in [6.45, 7) is 2.85. The number of nitrogens with two attached hydrogens (primary N) is 1.